The van der Waals surface area contributed by atoms with Crippen LogP contribution in [0.3, 0.4) is 0 Å². The van der Waals surface area contributed by atoms with Gasteiger partial charge in [0.15, 0.2) is 0 Å². The molecule has 1 aliphatic heterocycles. The van der Waals surface area contributed by atoms with Crippen LogP contribution in [0, 0.1) is 11.7 Å². The van der Waals surface area contributed by atoms with Crippen LogP contribution in [0.15, 0.2) is 28.7 Å². The Morgan fingerprint density at radius 2 is 2.12 bits per heavy atom. The first-order chi connectivity index (χ1) is 12.7. The summed E-state index contributed by atoms with van der Waals surface area (Å²) in [5.74, 6) is 1.36. The van der Waals surface area contributed by atoms with E-state index in [1.54, 1.807) is 12.1 Å². The van der Waals surface area contributed by atoms with Gasteiger partial charge in [-0.3, -0.25) is 4.90 Å². The van der Waals surface area contributed by atoms with Gasteiger partial charge in [-0.1, -0.05) is 25.8 Å². The lowest BCUT2D eigenvalue weighted by Crippen LogP contribution is -2.48. The predicted molar refractivity (Wildman–Crippen MR) is 95.9 cm³/mol. The maximum Gasteiger partial charge on any atom is 0.247 e. The Balaban J connectivity index is 1.42. The highest BCUT2D eigenvalue weighted by Gasteiger charge is 2.38. The summed E-state index contributed by atoms with van der Waals surface area (Å²) in [4.78, 5) is 2.37. The maximum atomic E-state index is 13.4. The van der Waals surface area contributed by atoms with Gasteiger partial charge in [0.1, 0.15) is 5.82 Å². The van der Waals surface area contributed by atoms with Crippen LogP contribution in [0.2, 0.25) is 0 Å². The average molecular weight is 359 g/mol. The molecule has 26 heavy (non-hydrogen) atoms. The molecule has 4 rings (SSSR count). The minimum atomic E-state index is -0.304. The fourth-order valence-corrected chi connectivity index (χ4v) is 3.65. The first-order valence-corrected chi connectivity index (χ1v) is 9.67. The lowest BCUT2D eigenvalue weighted by Gasteiger charge is -2.38. The molecule has 1 aliphatic carbocycles. The van der Waals surface area contributed by atoms with E-state index in [-0.39, 0.29) is 5.82 Å². The highest BCUT2D eigenvalue weighted by Crippen LogP contribution is 2.37. The number of hydrogen-bond donors (Lipinski definition) is 0. The van der Waals surface area contributed by atoms with E-state index in [1.807, 2.05) is 0 Å². The Bertz CT molecular complexity index is 731. The van der Waals surface area contributed by atoms with E-state index in [0.717, 1.165) is 19.5 Å². The summed E-state index contributed by atoms with van der Waals surface area (Å²) >= 11 is 0. The SMILES string of the molecule is CCCC[C@@H]1CN(Cc2nnc(-c3cccc(F)c3)o2)C[C@H](C2CC2)O1. The minimum Gasteiger partial charge on any atom is -0.419 e. The van der Waals surface area contributed by atoms with Gasteiger partial charge in [-0.05, 0) is 43.4 Å². The summed E-state index contributed by atoms with van der Waals surface area (Å²) in [5.41, 5.74) is 0.613. The lowest BCUT2D eigenvalue weighted by molar-refractivity contribution is -0.101. The molecular formula is C20H26FN3O2. The molecule has 1 saturated heterocycles. The number of unbranched alkanes of at least 4 members (excludes halogenated alkanes) is 1. The summed E-state index contributed by atoms with van der Waals surface area (Å²) in [6.07, 6.45) is 6.67. The van der Waals surface area contributed by atoms with Crippen LogP contribution in [0.25, 0.3) is 11.5 Å². The molecule has 2 aliphatic rings. The minimum absolute atomic E-state index is 0.292. The molecule has 1 aromatic heterocycles. The molecule has 2 atom stereocenters. The molecule has 0 amide bonds. The van der Waals surface area contributed by atoms with E-state index in [2.05, 4.69) is 22.0 Å². The van der Waals surface area contributed by atoms with Gasteiger partial charge in [-0.15, -0.1) is 10.2 Å². The molecule has 0 bridgehead atoms. The van der Waals surface area contributed by atoms with Gasteiger partial charge in [-0.25, -0.2) is 4.39 Å². The fourth-order valence-electron chi connectivity index (χ4n) is 3.65. The van der Waals surface area contributed by atoms with Crippen molar-refractivity contribution in [3.8, 4) is 11.5 Å². The third kappa shape index (κ3) is 4.30. The van der Waals surface area contributed by atoms with Crippen molar-refractivity contribution in [2.24, 2.45) is 5.92 Å². The highest BCUT2D eigenvalue weighted by molar-refractivity contribution is 5.52. The molecular weight excluding hydrogens is 333 g/mol. The number of hydrogen-bond acceptors (Lipinski definition) is 5. The van der Waals surface area contributed by atoms with E-state index in [4.69, 9.17) is 9.15 Å². The molecule has 2 fully saturated rings. The number of halogens is 1. The van der Waals surface area contributed by atoms with Crippen molar-refractivity contribution in [2.45, 2.75) is 57.8 Å². The first kappa shape index (κ1) is 17.6. The Morgan fingerprint density at radius 1 is 1.23 bits per heavy atom. The normalized spacial score (nSPS) is 24.1. The van der Waals surface area contributed by atoms with E-state index < -0.39 is 0 Å². The van der Waals surface area contributed by atoms with Crippen molar-refractivity contribution < 1.29 is 13.5 Å². The zero-order valence-corrected chi connectivity index (χ0v) is 15.2. The smallest absolute Gasteiger partial charge is 0.247 e. The number of nitrogens with zero attached hydrogens (tertiary/aromatic N) is 3. The molecule has 5 nitrogen and oxygen atoms in total. The van der Waals surface area contributed by atoms with Crippen molar-refractivity contribution in [2.75, 3.05) is 13.1 Å². The third-order valence-electron chi connectivity index (χ3n) is 5.19. The van der Waals surface area contributed by atoms with E-state index >= 15 is 0 Å². The van der Waals surface area contributed by atoms with Gasteiger partial charge in [-0.2, -0.15) is 0 Å². The molecule has 1 saturated carbocycles. The molecule has 0 spiro atoms. The van der Waals surface area contributed by atoms with Crippen LogP contribution in [0.1, 0.15) is 44.9 Å². The second-order valence-electron chi connectivity index (χ2n) is 7.48. The van der Waals surface area contributed by atoms with Crippen LogP contribution in [0.5, 0.6) is 0 Å². The second kappa shape index (κ2) is 7.84. The van der Waals surface area contributed by atoms with E-state index in [0.29, 0.717) is 42.0 Å². The van der Waals surface area contributed by atoms with Gasteiger partial charge in [0, 0.05) is 18.7 Å². The van der Waals surface area contributed by atoms with Crippen LogP contribution in [-0.2, 0) is 11.3 Å². The van der Waals surface area contributed by atoms with Crippen molar-refractivity contribution in [3.63, 3.8) is 0 Å². The molecule has 2 heterocycles. The molecule has 0 unspecified atom stereocenters. The average Bonchev–Trinajstić information content (AvgIpc) is 3.39. The van der Waals surface area contributed by atoms with E-state index in [9.17, 15) is 4.39 Å². The van der Waals surface area contributed by atoms with Crippen molar-refractivity contribution >= 4 is 0 Å². The number of benzene rings is 1. The van der Waals surface area contributed by atoms with Gasteiger partial charge >= 0.3 is 0 Å². The molecule has 6 heteroatoms. The number of aromatic nitrogens is 2. The highest BCUT2D eigenvalue weighted by atomic mass is 19.1. The monoisotopic (exact) mass is 359 g/mol. The molecule has 140 valence electrons. The van der Waals surface area contributed by atoms with Gasteiger partial charge in [0.2, 0.25) is 11.8 Å². The van der Waals surface area contributed by atoms with Gasteiger partial charge in [0.25, 0.3) is 0 Å². The number of morpholine rings is 1. The fraction of sp³-hybridized carbons (Fsp3) is 0.600. The summed E-state index contributed by atoms with van der Waals surface area (Å²) in [7, 11) is 0. The van der Waals surface area contributed by atoms with Crippen LogP contribution in [-0.4, -0.2) is 40.4 Å². The quantitative estimate of drug-likeness (QED) is 0.747. The largest absolute Gasteiger partial charge is 0.419 e. The predicted octanol–water partition coefficient (Wildman–Crippen LogP) is 4.05. The third-order valence-corrected chi connectivity index (χ3v) is 5.19. The van der Waals surface area contributed by atoms with Crippen LogP contribution < -0.4 is 0 Å². The summed E-state index contributed by atoms with van der Waals surface area (Å²) in [6.45, 7) is 4.66. The number of rotatable bonds is 7. The van der Waals surface area contributed by atoms with Crippen LogP contribution >= 0.6 is 0 Å². The Kier molecular flexibility index (Phi) is 5.31. The molecule has 2 aromatic rings. The maximum absolute atomic E-state index is 13.4. The zero-order chi connectivity index (χ0) is 17.9. The van der Waals surface area contributed by atoms with Crippen molar-refractivity contribution in [1.82, 2.24) is 15.1 Å². The molecule has 0 radical (unpaired) electrons. The van der Waals surface area contributed by atoms with Gasteiger partial charge < -0.3 is 9.15 Å². The summed E-state index contributed by atoms with van der Waals surface area (Å²) in [5, 5.41) is 8.25. The first-order valence-electron chi connectivity index (χ1n) is 9.67. The van der Waals surface area contributed by atoms with Crippen molar-refractivity contribution in [1.29, 1.82) is 0 Å². The summed E-state index contributed by atoms with van der Waals surface area (Å²) in [6, 6.07) is 6.24. The van der Waals surface area contributed by atoms with E-state index in [1.165, 1.54) is 37.8 Å². The molecule has 1 aromatic carbocycles. The van der Waals surface area contributed by atoms with Crippen LogP contribution in [0.4, 0.5) is 4.39 Å². The lowest BCUT2D eigenvalue weighted by atomic mass is 10.1. The standard InChI is InChI=1S/C20H26FN3O2/c1-2-3-7-17-11-24(12-18(25-17)14-8-9-14)13-19-22-23-20(26-19)15-5-4-6-16(21)10-15/h4-6,10,14,17-18H,2-3,7-9,11-13H2,1H3/t17-,18-/m1/s1. The summed E-state index contributed by atoms with van der Waals surface area (Å²) < 4.78 is 25.5. The Morgan fingerprint density at radius 3 is 2.88 bits per heavy atom. The zero-order valence-electron chi connectivity index (χ0n) is 15.2. The van der Waals surface area contributed by atoms with Gasteiger partial charge in [0.05, 0.1) is 18.8 Å². The topological polar surface area (TPSA) is 51.4 Å². The number of ether oxygens (including phenoxy) is 1. The Hall–Kier alpha value is -1.79. The van der Waals surface area contributed by atoms with Crippen molar-refractivity contribution in [3.05, 3.63) is 36.0 Å². The second-order valence-corrected chi connectivity index (χ2v) is 7.48. The Labute approximate surface area is 153 Å². The molecule has 0 N–H and O–H groups in total.